The minimum Gasteiger partial charge on any atom is -0.324 e. The standard InChI is InChI=1S/C27H32N8O2S/c1-6-12-34-26(36)22-16-28-27(29-20-14-18(3)21-11-13-33(7-2)17-19(21)15-20)31-25(22)35(34)24-10-8-9-23(30-24)32-38(4,5)37/h6,8-10,14-16H,1,7,11-13,17H2,2-5H3,(H,28,29,31). The topological polar surface area (TPSA) is 110 Å². The number of fused-ring (bicyclic) bond motifs is 2. The number of aryl methyl sites for hydroxylation is 1. The molecule has 0 amide bonds. The molecule has 1 N–H and O–H groups in total. The molecular formula is C27H32N8O2S. The molecule has 0 saturated carbocycles. The number of likely N-dealkylation sites (N-methyl/N-ethyl adjacent to an activating group) is 1. The van der Waals surface area contributed by atoms with Crippen molar-refractivity contribution in [3.8, 4) is 5.82 Å². The molecule has 0 atom stereocenters. The second-order valence-corrected chi connectivity index (χ2v) is 12.3. The van der Waals surface area contributed by atoms with E-state index in [1.807, 2.05) is 0 Å². The molecule has 1 aliphatic rings. The number of anilines is 2. The number of aromatic nitrogens is 5. The Labute approximate surface area is 222 Å². The maximum absolute atomic E-state index is 13.3. The molecule has 4 heterocycles. The number of benzene rings is 1. The summed E-state index contributed by atoms with van der Waals surface area (Å²) >= 11 is 0. The Morgan fingerprint density at radius 1 is 1.24 bits per heavy atom. The van der Waals surface area contributed by atoms with Gasteiger partial charge in [0.25, 0.3) is 5.56 Å². The van der Waals surface area contributed by atoms with Crippen molar-refractivity contribution >= 4 is 38.2 Å². The monoisotopic (exact) mass is 532 g/mol. The van der Waals surface area contributed by atoms with Gasteiger partial charge in [-0.1, -0.05) is 19.1 Å². The van der Waals surface area contributed by atoms with Gasteiger partial charge in [-0.15, -0.1) is 6.58 Å². The van der Waals surface area contributed by atoms with Gasteiger partial charge in [-0.05, 0) is 60.8 Å². The number of nitrogens with one attached hydrogen (secondary N) is 1. The minimum absolute atomic E-state index is 0.247. The van der Waals surface area contributed by atoms with Crippen molar-refractivity contribution in [3.05, 3.63) is 76.2 Å². The summed E-state index contributed by atoms with van der Waals surface area (Å²) < 4.78 is 19.6. The second kappa shape index (κ2) is 10.1. The molecule has 10 nitrogen and oxygen atoms in total. The Hall–Kier alpha value is -3.83. The second-order valence-electron chi connectivity index (χ2n) is 9.72. The fourth-order valence-electron chi connectivity index (χ4n) is 4.86. The van der Waals surface area contributed by atoms with Crippen LogP contribution in [0.15, 0.2) is 58.3 Å². The van der Waals surface area contributed by atoms with Gasteiger partial charge in [0, 0.05) is 47.2 Å². The van der Waals surface area contributed by atoms with Crippen LogP contribution in [0.5, 0.6) is 0 Å². The molecule has 0 fully saturated rings. The van der Waals surface area contributed by atoms with Crippen LogP contribution < -0.4 is 10.9 Å². The Bertz CT molecular complexity index is 1720. The van der Waals surface area contributed by atoms with E-state index in [0.29, 0.717) is 28.6 Å². The molecule has 0 unspecified atom stereocenters. The van der Waals surface area contributed by atoms with Gasteiger partial charge in [-0.3, -0.25) is 9.69 Å². The first-order valence-corrected chi connectivity index (χ1v) is 14.9. The summed E-state index contributed by atoms with van der Waals surface area (Å²) in [5, 5.41) is 3.70. The first-order chi connectivity index (χ1) is 18.2. The highest BCUT2D eigenvalue weighted by molar-refractivity contribution is 7.92. The normalized spacial score (nSPS) is 13.9. The van der Waals surface area contributed by atoms with Crippen LogP contribution in [-0.4, -0.2) is 59.0 Å². The molecule has 11 heteroatoms. The molecule has 1 aliphatic heterocycles. The lowest BCUT2D eigenvalue weighted by Gasteiger charge is -2.29. The highest BCUT2D eigenvalue weighted by Crippen LogP contribution is 2.28. The Kier molecular flexibility index (Phi) is 6.89. The average Bonchev–Trinajstić information content (AvgIpc) is 3.13. The van der Waals surface area contributed by atoms with Crippen LogP contribution in [0.4, 0.5) is 17.5 Å². The molecule has 4 aromatic rings. The number of nitrogens with zero attached hydrogens (tertiary/aromatic N) is 7. The molecular weight excluding hydrogens is 500 g/mol. The van der Waals surface area contributed by atoms with Crippen LogP contribution >= 0.6 is 0 Å². The van der Waals surface area contributed by atoms with Crippen molar-refractivity contribution in [2.24, 2.45) is 4.36 Å². The van der Waals surface area contributed by atoms with Crippen molar-refractivity contribution in [3.63, 3.8) is 0 Å². The molecule has 1 aromatic carbocycles. The van der Waals surface area contributed by atoms with E-state index in [-0.39, 0.29) is 12.1 Å². The van der Waals surface area contributed by atoms with Gasteiger partial charge in [-0.25, -0.2) is 23.5 Å². The number of allylic oxidation sites excluding steroid dienone is 1. The zero-order valence-electron chi connectivity index (χ0n) is 22.1. The molecule has 5 rings (SSSR count). The van der Waals surface area contributed by atoms with Crippen molar-refractivity contribution in [1.29, 1.82) is 0 Å². The van der Waals surface area contributed by atoms with Gasteiger partial charge in [0.05, 0.1) is 6.54 Å². The molecule has 0 spiro atoms. The maximum atomic E-state index is 13.3. The zero-order chi connectivity index (χ0) is 27.0. The highest BCUT2D eigenvalue weighted by Gasteiger charge is 2.20. The summed E-state index contributed by atoms with van der Waals surface area (Å²) in [6, 6.07) is 9.47. The van der Waals surface area contributed by atoms with Gasteiger partial charge in [0.1, 0.15) is 5.39 Å². The zero-order valence-corrected chi connectivity index (χ0v) is 23.0. The minimum atomic E-state index is -2.41. The van der Waals surface area contributed by atoms with E-state index < -0.39 is 9.73 Å². The van der Waals surface area contributed by atoms with E-state index in [0.717, 1.165) is 31.7 Å². The van der Waals surface area contributed by atoms with Crippen LogP contribution in [-0.2, 0) is 29.2 Å². The Morgan fingerprint density at radius 3 is 2.79 bits per heavy atom. The molecule has 3 aromatic heterocycles. The Morgan fingerprint density at radius 2 is 2.05 bits per heavy atom. The van der Waals surface area contributed by atoms with Crippen molar-refractivity contribution in [2.45, 2.75) is 33.4 Å². The van der Waals surface area contributed by atoms with Crippen LogP contribution in [0.1, 0.15) is 23.6 Å². The maximum Gasteiger partial charge on any atom is 0.278 e. The Balaban J connectivity index is 1.60. The lowest BCUT2D eigenvalue weighted by molar-refractivity contribution is 0.268. The van der Waals surface area contributed by atoms with E-state index in [1.54, 1.807) is 41.5 Å². The van der Waals surface area contributed by atoms with E-state index in [9.17, 15) is 9.00 Å². The fraction of sp³-hybridized carbons (Fsp3) is 0.333. The molecule has 0 aliphatic carbocycles. The summed E-state index contributed by atoms with van der Waals surface area (Å²) in [4.78, 5) is 29.4. The van der Waals surface area contributed by atoms with Crippen molar-refractivity contribution < 1.29 is 4.21 Å². The van der Waals surface area contributed by atoms with Crippen molar-refractivity contribution in [2.75, 3.05) is 30.9 Å². The lowest BCUT2D eigenvalue weighted by Crippen LogP contribution is -2.30. The van der Waals surface area contributed by atoms with Crippen LogP contribution in [0.25, 0.3) is 16.9 Å². The third-order valence-electron chi connectivity index (χ3n) is 6.57. The lowest BCUT2D eigenvalue weighted by atomic mass is 9.94. The third kappa shape index (κ3) is 5.11. The summed E-state index contributed by atoms with van der Waals surface area (Å²) in [6.07, 6.45) is 7.31. The van der Waals surface area contributed by atoms with Gasteiger partial charge in [0.2, 0.25) is 5.95 Å². The van der Waals surface area contributed by atoms with E-state index in [1.165, 1.54) is 27.6 Å². The largest absolute Gasteiger partial charge is 0.324 e. The average molecular weight is 533 g/mol. The number of hydrogen-bond acceptors (Lipinski definition) is 8. The number of pyridine rings is 1. The molecule has 0 bridgehead atoms. The van der Waals surface area contributed by atoms with Gasteiger partial charge >= 0.3 is 0 Å². The molecule has 38 heavy (non-hydrogen) atoms. The first kappa shape index (κ1) is 25.8. The predicted octanol–water partition coefficient (Wildman–Crippen LogP) is 3.95. The third-order valence-corrected chi connectivity index (χ3v) is 7.20. The van der Waals surface area contributed by atoms with Crippen molar-refractivity contribution in [1.82, 2.24) is 29.2 Å². The van der Waals surface area contributed by atoms with Gasteiger partial charge < -0.3 is 5.32 Å². The summed E-state index contributed by atoms with van der Waals surface area (Å²) in [7, 11) is -2.41. The van der Waals surface area contributed by atoms with E-state index in [4.69, 9.17) is 4.98 Å². The van der Waals surface area contributed by atoms with Crippen LogP contribution in [0.2, 0.25) is 0 Å². The molecule has 0 radical (unpaired) electrons. The number of hydrogen-bond donors (Lipinski definition) is 1. The van der Waals surface area contributed by atoms with Crippen LogP contribution in [0.3, 0.4) is 0 Å². The number of rotatable bonds is 7. The van der Waals surface area contributed by atoms with E-state index in [2.05, 4.69) is 57.1 Å². The molecule has 0 saturated heterocycles. The predicted molar refractivity (Wildman–Crippen MR) is 152 cm³/mol. The van der Waals surface area contributed by atoms with Crippen LogP contribution in [0, 0.1) is 6.92 Å². The molecule has 198 valence electrons. The quantitative estimate of drug-likeness (QED) is 0.359. The highest BCUT2D eigenvalue weighted by atomic mass is 32.2. The smallest absolute Gasteiger partial charge is 0.278 e. The summed E-state index contributed by atoms with van der Waals surface area (Å²) in [5.41, 5.74) is 5.01. The van der Waals surface area contributed by atoms with E-state index >= 15 is 0 Å². The summed E-state index contributed by atoms with van der Waals surface area (Å²) in [6.45, 7) is 11.4. The first-order valence-electron chi connectivity index (χ1n) is 12.5. The van der Waals surface area contributed by atoms with Gasteiger partial charge in [0.15, 0.2) is 17.3 Å². The SMILES string of the molecule is C=CCn1c(=O)c2cnc(Nc3cc(C)c4c(c3)CN(CC)CC4)nc2n1-c1cccc(N=S(C)(C)=O)n1. The fourth-order valence-corrected chi connectivity index (χ4v) is 5.42. The van der Waals surface area contributed by atoms with Gasteiger partial charge in [-0.2, -0.15) is 9.35 Å². The summed E-state index contributed by atoms with van der Waals surface area (Å²) in [5.74, 6) is 1.11.